The number of nitrogens with one attached hydrogen (secondary N) is 2. The Hall–Kier alpha value is -2.25. The first-order valence-electron chi connectivity index (χ1n) is 10.0. The molecule has 0 aliphatic carbocycles. The summed E-state index contributed by atoms with van der Waals surface area (Å²) in [7, 11) is -3.16. The van der Waals surface area contributed by atoms with Gasteiger partial charge in [0.05, 0.1) is 32.0 Å². The summed E-state index contributed by atoms with van der Waals surface area (Å²) in [5.74, 6) is 0.0952. The van der Waals surface area contributed by atoms with Gasteiger partial charge in [0.1, 0.15) is 5.82 Å². The summed E-state index contributed by atoms with van der Waals surface area (Å²) in [6.45, 7) is 7.57. The molecule has 0 unspecified atom stereocenters. The number of hydrogen-bond donors (Lipinski definition) is 2. The van der Waals surface area contributed by atoms with Crippen molar-refractivity contribution in [2.45, 2.75) is 43.8 Å². The predicted molar refractivity (Wildman–Crippen MR) is 115 cm³/mol. The quantitative estimate of drug-likeness (QED) is 0.648. The van der Waals surface area contributed by atoms with Crippen LogP contribution in [0.1, 0.15) is 31.4 Å². The predicted octanol–water partition coefficient (Wildman–Crippen LogP) is 4.44. The van der Waals surface area contributed by atoms with Crippen LogP contribution in [0.2, 0.25) is 0 Å². The van der Waals surface area contributed by atoms with Gasteiger partial charge in [-0.05, 0) is 81.9 Å². The first kappa shape index (κ1) is 20.0. The number of hydrogen-bond acceptors (Lipinski definition) is 4. The molecule has 7 heteroatoms. The molecule has 0 amide bonds. The van der Waals surface area contributed by atoms with Gasteiger partial charge >= 0.3 is 0 Å². The van der Waals surface area contributed by atoms with Gasteiger partial charge in [0.25, 0.3) is 0 Å². The molecule has 29 heavy (non-hydrogen) atoms. The minimum absolute atomic E-state index is 0.236. The number of benzene rings is 1. The fourth-order valence-corrected chi connectivity index (χ4v) is 5.45. The van der Waals surface area contributed by atoms with Crippen molar-refractivity contribution in [1.29, 1.82) is 4.78 Å². The third kappa shape index (κ3) is 3.57. The number of aromatic nitrogens is 2. The third-order valence-electron chi connectivity index (χ3n) is 5.82. The zero-order valence-electron chi connectivity index (χ0n) is 17.0. The first-order valence-corrected chi connectivity index (χ1v) is 11.6. The number of pyridine rings is 1. The van der Waals surface area contributed by atoms with Crippen LogP contribution < -0.4 is 5.32 Å². The molecule has 0 radical (unpaired) electrons. The minimum atomic E-state index is -3.16. The fourth-order valence-electron chi connectivity index (χ4n) is 4.18. The van der Waals surface area contributed by atoms with E-state index in [2.05, 4.69) is 16.5 Å². The lowest BCUT2D eigenvalue weighted by Crippen LogP contribution is -2.15. The van der Waals surface area contributed by atoms with Crippen molar-refractivity contribution in [2.24, 2.45) is 5.92 Å². The van der Waals surface area contributed by atoms with E-state index in [9.17, 15) is 8.60 Å². The molecule has 1 fully saturated rings. The summed E-state index contributed by atoms with van der Waals surface area (Å²) in [4.78, 5) is 4.60. The summed E-state index contributed by atoms with van der Waals surface area (Å²) in [5.41, 5.74) is 3.79. The van der Waals surface area contributed by atoms with Gasteiger partial charge in [0.2, 0.25) is 0 Å². The van der Waals surface area contributed by atoms with Gasteiger partial charge in [0, 0.05) is 23.0 Å². The summed E-state index contributed by atoms with van der Waals surface area (Å²) in [6, 6.07) is 4.24. The third-order valence-corrected chi connectivity index (χ3v) is 8.13. The molecule has 0 bridgehead atoms. The Balaban J connectivity index is 1.95. The van der Waals surface area contributed by atoms with E-state index in [0.29, 0.717) is 11.6 Å². The highest BCUT2D eigenvalue weighted by molar-refractivity contribution is 7.93. The van der Waals surface area contributed by atoms with Crippen LogP contribution in [0.5, 0.6) is 0 Å². The Labute approximate surface area is 171 Å². The van der Waals surface area contributed by atoms with E-state index < -0.39 is 20.8 Å². The molecule has 5 nitrogen and oxygen atoms in total. The van der Waals surface area contributed by atoms with Crippen LogP contribution in [0.4, 0.5) is 4.39 Å². The molecule has 3 heterocycles. The molecule has 4 rings (SSSR count). The van der Waals surface area contributed by atoms with E-state index in [4.69, 9.17) is 4.78 Å². The summed E-state index contributed by atoms with van der Waals surface area (Å²) in [5, 5.41) is 4.14. The number of nitrogens with zero attached hydrogens (tertiary/aromatic N) is 2. The second-order valence-corrected chi connectivity index (χ2v) is 10.8. The summed E-state index contributed by atoms with van der Waals surface area (Å²) in [6.07, 6.45) is 7.80. The summed E-state index contributed by atoms with van der Waals surface area (Å²) >= 11 is 0. The van der Waals surface area contributed by atoms with E-state index in [0.717, 1.165) is 42.4 Å². The van der Waals surface area contributed by atoms with E-state index in [-0.39, 0.29) is 4.90 Å². The van der Waals surface area contributed by atoms with Gasteiger partial charge in [-0.25, -0.2) is 13.4 Å². The Morgan fingerprint density at radius 2 is 2.17 bits per heavy atom. The Bertz CT molecular complexity index is 1160. The van der Waals surface area contributed by atoms with Crippen molar-refractivity contribution in [3.63, 3.8) is 0 Å². The monoisotopic (exact) mass is 414 g/mol. The van der Waals surface area contributed by atoms with Crippen molar-refractivity contribution in [2.75, 3.05) is 13.1 Å². The molecule has 0 spiro atoms. The van der Waals surface area contributed by atoms with Crippen molar-refractivity contribution in [3.8, 4) is 5.69 Å². The van der Waals surface area contributed by atoms with Crippen molar-refractivity contribution in [1.82, 2.24) is 14.9 Å². The smallest absolute Gasteiger partial charge is 0.124 e. The number of halogens is 1. The Morgan fingerprint density at radius 1 is 1.38 bits per heavy atom. The zero-order chi connectivity index (χ0) is 20.8. The molecule has 1 saturated heterocycles. The van der Waals surface area contributed by atoms with Gasteiger partial charge in [-0.15, -0.1) is 0 Å². The van der Waals surface area contributed by atoms with E-state index >= 15 is 0 Å². The molecule has 3 aromatic rings. The van der Waals surface area contributed by atoms with Crippen molar-refractivity contribution in [3.05, 3.63) is 53.7 Å². The normalized spacial score (nSPS) is 19.1. The van der Waals surface area contributed by atoms with Gasteiger partial charge < -0.3 is 9.88 Å². The van der Waals surface area contributed by atoms with Crippen LogP contribution in [-0.2, 0) is 16.1 Å². The second kappa shape index (κ2) is 7.54. The molecule has 0 saturated carbocycles. The van der Waals surface area contributed by atoms with E-state index in [1.807, 2.05) is 17.7 Å². The average Bonchev–Trinajstić information content (AvgIpc) is 3.31. The Morgan fingerprint density at radius 3 is 2.86 bits per heavy atom. The highest BCUT2D eigenvalue weighted by Crippen LogP contribution is 2.33. The largest absolute Gasteiger partial charge is 0.316 e. The fraction of sp³-hybridized carbons (Fsp3) is 0.409. The zero-order valence-corrected chi connectivity index (χ0v) is 17.9. The molecule has 2 N–H and O–H groups in total. The van der Waals surface area contributed by atoms with E-state index in [1.165, 1.54) is 17.7 Å². The highest BCUT2D eigenvalue weighted by atomic mass is 32.2. The topological polar surface area (TPSA) is 70.8 Å². The molecule has 2 aromatic heterocycles. The molecule has 1 aromatic carbocycles. The molecule has 1 aliphatic heterocycles. The summed E-state index contributed by atoms with van der Waals surface area (Å²) < 4.78 is 37.7. The van der Waals surface area contributed by atoms with E-state index in [1.54, 1.807) is 26.1 Å². The maximum Gasteiger partial charge on any atom is 0.124 e. The number of rotatable bonds is 5. The molecule has 154 valence electrons. The minimum Gasteiger partial charge on any atom is -0.316 e. The SMILES string of the molecule is Cc1cncc2c1c(C[C@H]1CCNC1)cn2-c1ccc(F)cc1[S@@](=N)(=O)C(C)C. The Kier molecular flexibility index (Phi) is 5.21. The van der Waals surface area contributed by atoms with Crippen LogP contribution in [0.25, 0.3) is 16.6 Å². The van der Waals surface area contributed by atoms with Crippen LogP contribution in [0.15, 0.2) is 41.7 Å². The van der Waals surface area contributed by atoms with Gasteiger partial charge in [-0.1, -0.05) is 0 Å². The van der Waals surface area contributed by atoms with Gasteiger partial charge in [0.15, 0.2) is 0 Å². The standard InChI is InChI=1S/C22H27FN4OS/c1-14(2)29(24,28)21-9-18(23)4-5-19(21)27-13-17(8-16-6-7-25-11-16)22-15(3)10-26-12-20(22)27/h4-5,9-10,12-14,16,24-25H,6-8,11H2,1-3H3/t16-,29+/m1/s1. The van der Waals surface area contributed by atoms with Crippen LogP contribution in [-0.4, -0.2) is 32.1 Å². The van der Waals surface area contributed by atoms with Crippen LogP contribution in [0, 0.1) is 23.4 Å². The average molecular weight is 415 g/mol. The molecule has 2 atom stereocenters. The first-order chi connectivity index (χ1) is 13.8. The van der Waals surface area contributed by atoms with Crippen molar-refractivity contribution >= 4 is 20.6 Å². The lowest BCUT2D eigenvalue weighted by atomic mass is 9.97. The highest BCUT2D eigenvalue weighted by Gasteiger charge is 2.24. The van der Waals surface area contributed by atoms with Crippen molar-refractivity contribution < 1.29 is 8.60 Å². The lowest BCUT2D eigenvalue weighted by Gasteiger charge is -2.17. The second-order valence-electron chi connectivity index (χ2n) is 8.20. The number of fused-ring (bicyclic) bond motifs is 1. The van der Waals surface area contributed by atoms with Gasteiger partial charge in [-0.2, -0.15) is 0 Å². The maximum atomic E-state index is 14.1. The van der Waals surface area contributed by atoms with Crippen LogP contribution in [0.3, 0.4) is 0 Å². The van der Waals surface area contributed by atoms with Gasteiger partial charge in [-0.3, -0.25) is 4.98 Å². The lowest BCUT2D eigenvalue weighted by molar-refractivity contribution is 0.582. The number of aryl methyl sites for hydroxylation is 1. The molecule has 1 aliphatic rings. The van der Waals surface area contributed by atoms with Crippen LogP contribution >= 0.6 is 0 Å². The molecular formula is C22H27FN4OS. The molecular weight excluding hydrogens is 387 g/mol. The maximum absolute atomic E-state index is 14.1.